The molecular weight excluding hydrogens is 277 g/mol. The SMILES string of the molecule is CC(C)Oc1cccc(C(C)NC(C)c2ccccc2F)c1. The summed E-state index contributed by atoms with van der Waals surface area (Å²) in [5.74, 6) is 0.686. The standard InChI is InChI=1S/C19H24FNO/c1-13(2)22-17-9-7-8-16(12-17)14(3)21-15(4)18-10-5-6-11-19(18)20/h5-15,21H,1-4H3. The van der Waals surface area contributed by atoms with E-state index in [9.17, 15) is 4.39 Å². The van der Waals surface area contributed by atoms with Gasteiger partial charge in [-0.25, -0.2) is 4.39 Å². The molecule has 1 N–H and O–H groups in total. The Morgan fingerprint density at radius 2 is 1.64 bits per heavy atom. The fraction of sp³-hybridized carbons (Fsp3) is 0.368. The van der Waals surface area contributed by atoms with E-state index in [0.717, 1.165) is 11.3 Å². The summed E-state index contributed by atoms with van der Waals surface area (Å²) < 4.78 is 19.6. The van der Waals surface area contributed by atoms with Gasteiger partial charge in [0.05, 0.1) is 6.10 Å². The Morgan fingerprint density at radius 1 is 0.909 bits per heavy atom. The van der Waals surface area contributed by atoms with Crippen molar-refractivity contribution in [3.8, 4) is 5.75 Å². The molecule has 2 unspecified atom stereocenters. The van der Waals surface area contributed by atoms with Crippen LogP contribution in [0.25, 0.3) is 0 Å². The van der Waals surface area contributed by atoms with E-state index in [1.54, 1.807) is 6.07 Å². The maximum absolute atomic E-state index is 13.8. The second-order valence-electron chi connectivity index (χ2n) is 5.87. The van der Waals surface area contributed by atoms with Crippen molar-refractivity contribution in [1.82, 2.24) is 5.32 Å². The van der Waals surface area contributed by atoms with E-state index < -0.39 is 0 Å². The molecule has 0 aliphatic carbocycles. The second kappa shape index (κ2) is 7.41. The zero-order chi connectivity index (χ0) is 16.1. The van der Waals surface area contributed by atoms with E-state index in [-0.39, 0.29) is 24.0 Å². The first-order valence-electron chi connectivity index (χ1n) is 7.74. The predicted molar refractivity (Wildman–Crippen MR) is 88.6 cm³/mol. The van der Waals surface area contributed by atoms with Crippen molar-refractivity contribution < 1.29 is 9.13 Å². The molecule has 0 radical (unpaired) electrons. The first kappa shape index (κ1) is 16.5. The summed E-state index contributed by atoms with van der Waals surface area (Å²) in [6.45, 7) is 8.07. The summed E-state index contributed by atoms with van der Waals surface area (Å²) in [6.07, 6.45) is 0.149. The van der Waals surface area contributed by atoms with E-state index in [2.05, 4.69) is 18.3 Å². The summed E-state index contributed by atoms with van der Waals surface area (Å²) in [5, 5.41) is 3.44. The van der Waals surface area contributed by atoms with E-state index >= 15 is 0 Å². The molecule has 0 amide bonds. The molecule has 0 heterocycles. The largest absolute Gasteiger partial charge is 0.491 e. The molecule has 2 nitrogen and oxygen atoms in total. The van der Waals surface area contributed by atoms with E-state index in [4.69, 9.17) is 4.74 Å². The number of ether oxygens (including phenoxy) is 1. The maximum atomic E-state index is 13.8. The Kier molecular flexibility index (Phi) is 5.56. The second-order valence-corrected chi connectivity index (χ2v) is 5.87. The lowest BCUT2D eigenvalue weighted by molar-refractivity contribution is 0.242. The third-order valence-electron chi connectivity index (χ3n) is 3.60. The van der Waals surface area contributed by atoms with Gasteiger partial charge >= 0.3 is 0 Å². The van der Waals surface area contributed by atoms with Crippen molar-refractivity contribution in [3.63, 3.8) is 0 Å². The van der Waals surface area contributed by atoms with Crippen molar-refractivity contribution in [2.45, 2.75) is 45.9 Å². The molecule has 118 valence electrons. The molecule has 2 aromatic carbocycles. The van der Waals surface area contributed by atoms with Crippen molar-refractivity contribution >= 4 is 0 Å². The summed E-state index contributed by atoms with van der Waals surface area (Å²) in [5.41, 5.74) is 1.81. The molecule has 0 saturated carbocycles. The first-order chi connectivity index (χ1) is 10.5. The van der Waals surface area contributed by atoms with Crippen LogP contribution in [0.1, 0.15) is 50.9 Å². The third kappa shape index (κ3) is 4.31. The molecule has 22 heavy (non-hydrogen) atoms. The lowest BCUT2D eigenvalue weighted by Gasteiger charge is -2.22. The van der Waals surface area contributed by atoms with Crippen molar-refractivity contribution in [3.05, 3.63) is 65.5 Å². The average molecular weight is 301 g/mol. The van der Waals surface area contributed by atoms with E-state index in [1.807, 2.05) is 51.1 Å². The van der Waals surface area contributed by atoms with Crippen molar-refractivity contribution in [2.24, 2.45) is 0 Å². The van der Waals surface area contributed by atoms with Crippen LogP contribution in [-0.4, -0.2) is 6.10 Å². The molecule has 2 atom stereocenters. The van der Waals surface area contributed by atoms with Crippen LogP contribution in [0.3, 0.4) is 0 Å². The predicted octanol–water partition coefficient (Wildman–Crippen LogP) is 5.02. The highest BCUT2D eigenvalue weighted by atomic mass is 19.1. The molecule has 0 spiro atoms. The van der Waals surface area contributed by atoms with Gasteiger partial charge in [0.25, 0.3) is 0 Å². The maximum Gasteiger partial charge on any atom is 0.127 e. The van der Waals surface area contributed by atoms with E-state index in [1.165, 1.54) is 6.07 Å². The molecule has 0 bridgehead atoms. The van der Waals surface area contributed by atoms with Crippen LogP contribution in [0.2, 0.25) is 0 Å². The summed E-state index contributed by atoms with van der Waals surface area (Å²) in [4.78, 5) is 0. The Balaban J connectivity index is 2.08. The molecule has 0 fully saturated rings. The van der Waals surface area contributed by atoms with Gasteiger partial charge in [-0.3, -0.25) is 0 Å². The van der Waals surface area contributed by atoms with Gasteiger partial charge in [0.2, 0.25) is 0 Å². The van der Waals surface area contributed by atoms with E-state index in [0.29, 0.717) is 5.56 Å². The van der Waals surface area contributed by atoms with Crippen LogP contribution in [0.4, 0.5) is 4.39 Å². The Bertz CT molecular complexity index is 612. The van der Waals surface area contributed by atoms with Gasteiger partial charge in [-0.1, -0.05) is 30.3 Å². The molecule has 0 saturated heterocycles. The summed E-state index contributed by atoms with van der Waals surface area (Å²) >= 11 is 0. The molecule has 0 aliphatic heterocycles. The zero-order valence-corrected chi connectivity index (χ0v) is 13.6. The normalized spacial score (nSPS) is 13.9. The van der Waals surface area contributed by atoms with Gasteiger partial charge in [-0.2, -0.15) is 0 Å². The van der Waals surface area contributed by atoms with Crippen LogP contribution in [0, 0.1) is 5.82 Å². The van der Waals surface area contributed by atoms with Crippen molar-refractivity contribution in [1.29, 1.82) is 0 Å². The highest BCUT2D eigenvalue weighted by Crippen LogP contribution is 2.24. The zero-order valence-electron chi connectivity index (χ0n) is 13.6. The quantitative estimate of drug-likeness (QED) is 0.808. The van der Waals surface area contributed by atoms with Gasteiger partial charge < -0.3 is 10.1 Å². The van der Waals surface area contributed by atoms with Gasteiger partial charge in [-0.15, -0.1) is 0 Å². The Hall–Kier alpha value is -1.87. The lowest BCUT2D eigenvalue weighted by Crippen LogP contribution is -2.23. The fourth-order valence-corrected chi connectivity index (χ4v) is 2.52. The van der Waals surface area contributed by atoms with Crippen LogP contribution < -0.4 is 10.1 Å². The molecule has 3 heteroatoms. The van der Waals surface area contributed by atoms with Crippen molar-refractivity contribution in [2.75, 3.05) is 0 Å². The Labute approximate surface area is 132 Å². The van der Waals surface area contributed by atoms with Crippen LogP contribution in [0.15, 0.2) is 48.5 Å². The van der Waals surface area contributed by atoms with Crippen LogP contribution >= 0.6 is 0 Å². The smallest absolute Gasteiger partial charge is 0.127 e. The first-order valence-corrected chi connectivity index (χ1v) is 7.74. The molecule has 2 aromatic rings. The molecule has 2 rings (SSSR count). The minimum absolute atomic E-state index is 0.0640. The average Bonchev–Trinajstić information content (AvgIpc) is 2.47. The summed E-state index contributed by atoms with van der Waals surface area (Å²) in [7, 11) is 0. The molecule has 0 aromatic heterocycles. The number of hydrogen-bond acceptors (Lipinski definition) is 2. The number of benzene rings is 2. The lowest BCUT2D eigenvalue weighted by atomic mass is 10.0. The number of hydrogen-bond donors (Lipinski definition) is 1. The van der Waals surface area contributed by atoms with Crippen LogP contribution in [-0.2, 0) is 0 Å². The highest BCUT2D eigenvalue weighted by molar-refractivity contribution is 5.31. The number of rotatable bonds is 6. The number of nitrogens with one attached hydrogen (secondary N) is 1. The third-order valence-corrected chi connectivity index (χ3v) is 3.60. The van der Waals surface area contributed by atoms with Gasteiger partial charge in [0.1, 0.15) is 11.6 Å². The van der Waals surface area contributed by atoms with Gasteiger partial charge in [-0.05, 0) is 51.5 Å². The minimum Gasteiger partial charge on any atom is -0.491 e. The van der Waals surface area contributed by atoms with Gasteiger partial charge in [0, 0.05) is 17.6 Å². The summed E-state index contributed by atoms with van der Waals surface area (Å²) in [6, 6.07) is 14.9. The van der Waals surface area contributed by atoms with Gasteiger partial charge in [0.15, 0.2) is 0 Å². The highest BCUT2D eigenvalue weighted by Gasteiger charge is 2.14. The Morgan fingerprint density at radius 3 is 2.32 bits per heavy atom. The molecular formula is C19H24FNO. The molecule has 0 aliphatic rings. The topological polar surface area (TPSA) is 21.3 Å². The number of halogens is 1. The monoisotopic (exact) mass is 301 g/mol. The van der Waals surface area contributed by atoms with Crippen LogP contribution in [0.5, 0.6) is 5.75 Å². The minimum atomic E-state index is -0.174. The fourth-order valence-electron chi connectivity index (χ4n) is 2.52.